The highest BCUT2D eigenvalue weighted by molar-refractivity contribution is 14.1. The molecule has 0 aromatic heterocycles. The molecule has 0 heterocycles. The molecule has 0 aliphatic rings. The Hall–Kier alpha value is -4.00. The molecule has 0 saturated heterocycles. The van der Waals surface area contributed by atoms with Gasteiger partial charge < -0.3 is 0 Å². The Bertz CT molecular complexity index is 1090. The molecule has 2 heteroatoms. The quantitative estimate of drug-likeness (QED) is 0.209. The summed E-state index contributed by atoms with van der Waals surface area (Å²) in [5, 5.41) is 0. The van der Waals surface area contributed by atoms with Gasteiger partial charge in [-0.25, -0.2) is 5.92 Å². The van der Waals surface area contributed by atoms with Gasteiger partial charge in [-0.05, 0) is 47.4 Å². The standard InChI is InChI=1S/C21H3IN/c1-2-3-4-5-6-7-8-9-10-11-12-13-14-15-16-17-18-19-20-21-23-22/h23H,1H2/q-1/i/hT. The molecule has 1 N–H and O–H groups in total. The lowest BCUT2D eigenvalue weighted by atomic mass is 10.4. The lowest BCUT2D eigenvalue weighted by molar-refractivity contribution is 1.61. The maximum Gasteiger partial charge on any atom is 0.183 e. The minimum atomic E-state index is 0.919. The van der Waals surface area contributed by atoms with E-state index in [1.165, 1.54) is 0 Å². The number of halogens is 1. The number of hydrogen-bond donors (Lipinski definition) is 1. The molecule has 0 radical (unpaired) electrons. The van der Waals surface area contributed by atoms with E-state index in [-0.39, 0.29) is 0 Å². The van der Waals surface area contributed by atoms with Crippen molar-refractivity contribution >= 4 is 22.9 Å². The molecule has 0 saturated carbocycles. The first-order chi connectivity index (χ1) is 11.8. The Morgan fingerprint density at radius 3 is 1.04 bits per heavy atom. The fourth-order valence-electron chi connectivity index (χ4n) is 0.593. The Morgan fingerprint density at radius 2 is 0.783 bits per heavy atom. The van der Waals surface area contributed by atoms with Crippen LogP contribution in [0.2, 0.25) is 1.41 Å². The van der Waals surface area contributed by atoms with Gasteiger partial charge in [-0.3, -0.25) is 9.44 Å². The van der Waals surface area contributed by atoms with E-state index >= 15 is 0 Å². The van der Waals surface area contributed by atoms with Crippen LogP contribution in [0.1, 0.15) is 0 Å². The summed E-state index contributed by atoms with van der Waals surface area (Å²) in [5.41, 5.74) is 0. The van der Waals surface area contributed by atoms with E-state index in [1.54, 1.807) is 22.9 Å². The van der Waals surface area contributed by atoms with Crippen molar-refractivity contribution in [1.82, 2.24) is 3.52 Å². The van der Waals surface area contributed by atoms with Crippen LogP contribution in [0.25, 0.3) is 0 Å². The van der Waals surface area contributed by atoms with Crippen molar-refractivity contribution in [2.75, 3.05) is 0 Å². The van der Waals surface area contributed by atoms with Gasteiger partial charge in [0, 0.05) is 53.4 Å². The molecule has 23 heavy (non-hydrogen) atoms. The summed E-state index contributed by atoms with van der Waals surface area (Å²) in [5.74, 6) is 46.9. The van der Waals surface area contributed by atoms with Crippen LogP contribution >= 0.6 is 22.9 Å². The Kier molecular flexibility index (Phi) is 13.3. The predicted molar refractivity (Wildman–Crippen MR) is 100 cm³/mol. The third kappa shape index (κ3) is 18.0. The molecule has 0 spiro atoms. The first-order valence-electron chi connectivity index (χ1n) is 5.94. The van der Waals surface area contributed by atoms with Gasteiger partial charge in [-0.15, -0.1) is 5.92 Å². The summed E-state index contributed by atoms with van der Waals surface area (Å²) < 4.78 is 7.87. The first kappa shape index (κ1) is 17.1. The molecule has 0 amide bonds. The predicted octanol–water partition coefficient (Wildman–Crippen LogP) is 0.752. The highest BCUT2D eigenvalue weighted by Gasteiger charge is 1.58. The van der Waals surface area contributed by atoms with Crippen LogP contribution in [-0.2, 0) is 0 Å². The molecular weight excluding hydrogens is 393 g/mol. The topological polar surface area (TPSA) is 12.0 Å². The van der Waals surface area contributed by atoms with Crippen molar-refractivity contribution in [3.8, 4) is 119 Å². The minimum Gasteiger partial charge on any atom is -0.287 e. The van der Waals surface area contributed by atoms with E-state index in [9.17, 15) is 0 Å². The highest BCUT2D eigenvalue weighted by atomic mass is 127. The fourth-order valence-corrected chi connectivity index (χ4v) is 0.714. The van der Waals surface area contributed by atoms with Gasteiger partial charge in [0.25, 0.3) is 0 Å². The highest BCUT2D eigenvalue weighted by Crippen LogP contribution is 1.61. The molecule has 0 aromatic rings. The second kappa shape index (κ2) is 18.0. The van der Waals surface area contributed by atoms with Crippen molar-refractivity contribution < 1.29 is 1.41 Å². The van der Waals surface area contributed by atoms with Gasteiger partial charge in [-0.1, -0.05) is 0 Å². The van der Waals surface area contributed by atoms with Crippen molar-refractivity contribution in [1.29, 1.82) is 0 Å². The zero-order valence-electron chi connectivity index (χ0n) is 12.5. The van der Waals surface area contributed by atoms with Gasteiger partial charge in [0.15, 0.2) is 1.41 Å². The van der Waals surface area contributed by atoms with Crippen LogP contribution in [0.4, 0.5) is 0 Å². The molecule has 0 fully saturated rings. The Balaban J connectivity index is 4.38. The van der Waals surface area contributed by atoms with Crippen LogP contribution in [0.15, 0.2) is 0 Å². The molecular formula is C21H3IN-. The van der Waals surface area contributed by atoms with Crippen LogP contribution in [0, 0.1) is 125 Å². The van der Waals surface area contributed by atoms with Crippen LogP contribution in [0.5, 0.6) is 0 Å². The van der Waals surface area contributed by atoms with E-state index in [0.29, 0.717) is 0 Å². The maximum atomic E-state index is 6.95. The van der Waals surface area contributed by atoms with Gasteiger partial charge >= 0.3 is 0 Å². The van der Waals surface area contributed by atoms with Crippen LogP contribution in [-0.4, -0.2) is 0 Å². The summed E-state index contributed by atoms with van der Waals surface area (Å²) >= 11 is 1.70. The first-order valence-corrected chi connectivity index (χ1v) is 6.46. The normalized spacial score (nSPS) is 4.65. The van der Waals surface area contributed by atoms with Crippen LogP contribution < -0.4 is 3.52 Å². The monoisotopic (exact) mass is 398 g/mol. The molecule has 0 aliphatic carbocycles. The SMILES string of the molecule is [3H]N(I)C#CC#CC#CC#CC#CC#CC#CC#CC#CC#C[CH2-]. The van der Waals surface area contributed by atoms with Crippen molar-refractivity contribution in [3.05, 3.63) is 6.92 Å². The van der Waals surface area contributed by atoms with E-state index in [0.717, 1.165) is 3.52 Å². The summed E-state index contributed by atoms with van der Waals surface area (Å²) in [6.45, 7) is 3.30. The Morgan fingerprint density at radius 1 is 0.522 bits per heavy atom. The van der Waals surface area contributed by atoms with Crippen molar-refractivity contribution in [2.24, 2.45) is 0 Å². The van der Waals surface area contributed by atoms with E-state index in [4.69, 9.17) is 1.41 Å². The molecule has 0 aliphatic heterocycles. The third-order valence-electron chi connectivity index (χ3n) is 1.25. The zero-order chi connectivity index (χ0) is 17.7. The molecule has 1 nitrogen and oxygen atoms in total. The smallest absolute Gasteiger partial charge is 0.183 e. The maximum absolute atomic E-state index is 6.95. The summed E-state index contributed by atoms with van der Waals surface area (Å²) in [6.07, 6.45) is 0. The molecule has 0 unspecified atom stereocenters. The van der Waals surface area contributed by atoms with Gasteiger partial charge in [0.1, 0.15) is 0 Å². The van der Waals surface area contributed by atoms with Gasteiger partial charge in [-0.2, -0.15) is 6.92 Å². The fraction of sp³-hybridized carbons (Fsp3) is 0. The summed E-state index contributed by atoms with van der Waals surface area (Å²) in [4.78, 5) is 0. The molecule has 0 atom stereocenters. The summed E-state index contributed by atoms with van der Waals surface area (Å²) in [6, 6.07) is 2.39. The minimum absolute atomic E-state index is 0.919. The number of nitrogens with one attached hydrogen (secondary N) is 1. The Labute approximate surface area is 153 Å². The van der Waals surface area contributed by atoms with Crippen molar-refractivity contribution in [2.45, 2.75) is 0 Å². The van der Waals surface area contributed by atoms with Gasteiger partial charge in [0.2, 0.25) is 0 Å². The second-order valence-corrected chi connectivity index (χ2v) is 3.11. The average Bonchev–Trinajstić information content (AvgIpc) is 2.56. The summed E-state index contributed by atoms with van der Waals surface area (Å²) in [7, 11) is 0. The van der Waals surface area contributed by atoms with E-state index < -0.39 is 0 Å². The van der Waals surface area contributed by atoms with Crippen molar-refractivity contribution in [3.63, 3.8) is 0 Å². The molecule has 0 aromatic carbocycles. The molecule has 0 bridgehead atoms. The lowest BCUT2D eigenvalue weighted by Gasteiger charge is -1.65. The van der Waals surface area contributed by atoms with Gasteiger partial charge in [0.05, 0.1) is 22.9 Å². The molecule has 100 valence electrons. The number of rotatable bonds is 0. The third-order valence-corrected chi connectivity index (χ3v) is 1.49. The van der Waals surface area contributed by atoms with Crippen LogP contribution in [0.3, 0.4) is 0 Å². The number of hydrogen-bond acceptors (Lipinski definition) is 1. The zero-order valence-corrected chi connectivity index (χ0v) is 13.7. The lowest BCUT2D eigenvalue weighted by Crippen LogP contribution is -1.77. The van der Waals surface area contributed by atoms with E-state index in [2.05, 4.69) is 125 Å². The average molecular weight is 398 g/mol. The second-order valence-electron chi connectivity index (χ2n) is 2.62. The largest absolute Gasteiger partial charge is 0.287 e. The van der Waals surface area contributed by atoms with E-state index in [1.807, 2.05) is 0 Å². The molecule has 0 rings (SSSR count).